The van der Waals surface area contributed by atoms with Crippen LogP contribution in [-0.4, -0.2) is 23.0 Å². The Labute approximate surface area is 204 Å². The van der Waals surface area contributed by atoms with Crippen LogP contribution in [0.3, 0.4) is 0 Å². The molecular formula is C23H47NaO4S. The molecule has 29 heavy (non-hydrogen) atoms. The van der Waals surface area contributed by atoms with Crippen LogP contribution in [0.25, 0.3) is 0 Å². The topological polar surface area (TPSA) is 77.4 Å². The zero-order valence-corrected chi connectivity index (χ0v) is 22.5. The van der Waals surface area contributed by atoms with E-state index >= 15 is 0 Å². The van der Waals surface area contributed by atoms with Gasteiger partial charge in [0.05, 0.1) is 0 Å². The number of hydrogen-bond donors (Lipinski definition) is 1. The van der Waals surface area contributed by atoms with Crippen molar-refractivity contribution in [1.29, 1.82) is 0 Å². The molecular weight excluding hydrogens is 395 g/mol. The van der Waals surface area contributed by atoms with E-state index in [-0.39, 0.29) is 42.4 Å². The van der Waals surface area contributed by atoms with Crippen molar-refractivity contribution in [3.05, 3.63) is 0 Å². The summed E-state index contributed by atoms with van der Waals surface area (Å²) < 4.78 is 34.6. The quantitative estimate of drug-likeness (QED) is 0.165. The zero-order valence-electron chi connectivity index (χ0n) is 19.7. The first-order chi connectivity index (χ1) is 13.4. The van der Waals surface area contributed by atoms with E-state index in [1.165, 1.54) is 57.8 Å². The van der Waals surface area contributed by atoms with E-state index in [0.29, 0.717) is 12.8 Å². The van der Waals surface area contributed by atoms with Crippen LogP contribution in [0, 0.1) is 0 Å². The Kier molecular flexibility index (Phi) is 22.9. The predicted molar refractivity (Wildman–Crippen MR) is 118 cm³/mol. The summed E-state index contributed by atoms with van der Waals surface area (Å²) in [5.74, 6) is 0. The van der Waals surface area contributed by atoms with Gasteiger partial charge in [0.25, 0.3) is 0 Å². The maximum atomic E-state index is 11.5. The second-order valence-electron chi connectivity index (χ2n) is 8.56. The molecule has 1 atom stereocenters. The third-order valence-corrected chi connectivity index (χ3v) is 7.15. The van der Waals surface area contributed by atoms with Crippen LogP contribution in [0.15, 0.2) is 0 Å². The molecule has 0 radical (unpaired) electrons. The summed E-state index contributed by atoms with van der Waals surface area (Å²) in [6.07, 6.45) is 20.6. The molecule has 0 saturated carbocycles. The molecule has 1 N–H and O–H groups in total. The number of aliphatic hydroxyl groups is 1. The molecule has 0 aromatic rings. The van der Waals surface area contributed by atoms with Gasteiger partial charge in [-0.05, 0) is 25.7 Å². The summed E-state index contributed by atoms with van der Waals surface area (Å²) in [4.78, 5) is -2.06. The Hall–Kier alpha value is 0.870. The first-order valence-electron chi connectivity index (χ1n) is 12.0. The Morgan fingerprint density at radius 3 is 1.07 bits per heavy atom. The molecule has 0 amide bonds. The van der Waals surface area contributed by atoms with Crippen molar-refractivity contribution in [1.82, 2.24) is 0 Å². The molecule has 0 heterocycles. The molecule has 0 aromatic carbocycles. The van der Waals surface area contributed by atoms with Crippen LogP contribution < -0.4 is 29.6 Å². The SMILES string of the molecule is CCCCCCCCCCCCCCCC(O)(CCCCCCC)S(=O)(=O)[O-].[Na+]. The second kappa shape index (κ2) is 20.8. The van der Waals surface area contributed by atoms with Gasteiger partial charge in [0.1, 0.15) is 10.1 Å². The van der Waals surface area contributed by atoms with E-state index in [9.17, 15) is 18.1 Å². The van der Waals surface area contributed by atoms with Gasteiger partial charge in [-0.1, -0.05) is 117 Å². The Balaban J connectivity index is 0. The van der Waals surface area contributed by atoms with Gasteiger partial charge < -0.3 is 9.66 Å². The number of unbranched alkanes of at least 4 members (excludes halogenated alkanes) is 16. The second-order valence-corrected chi connectivity index (χ2v) is 10.2. The van der Waals surface area contributed by atoms with Gasteiger partial charge in [-0.25, -0.2) is 8.42 Å². The standard InChI is InChI=1S/C23H48O4S.Na/c1-3-5-7-9-10-11-12-13-14-15-16-18-20-22-23(24,28(25,26)27)21-19-17-8-6-4-2;/h24H,3-22H2,1-2H3,(H,25,26,27);/q;+1/p-1. The molecule has 0 bridgehead atoms. The van der Waals surface area contributed by atoms with E-state index in [1.54, 1.807) is 0 Å². The fourth-order valence-corrected chi connectivity index (χ4v) is 4.59. The minimum absolute atomic E-state index is 0. The van der Waals surface area contributed by atoms with Crippen LogP contribution in [0.2, 0.25) is 0 Å². The van der Waals surface area contributed by atoms with Crippen LogP contribution >= 0.6 is 0 Å². The molecule has 0 fully saturated rings. The van der Waals surface area contributed by atoms with Gasteiger partial charge >= 0.3 is 29.6 Å². The number of rotatable bonds is 21. The molecule has 0 rings (SSSR count). The summed E-state index contributed by atoms with van der Waals surface area (Å²) in [5.41, 5.74) is 0. The van der Waals surface area contributed by atoms with E-state index in [1.807, 2.05) is 0 Å². The minimum atomic E-state index is -4.67. The summed E-state index contributed by atoms with van der Waals surface area (Å²) >= 11 is 0. The zero-order chi connectivity index (χ0) is 21.1. The van der Waals surface area contributed by atoms with Gasteiger partial charge in [-0.3, -0.25) is 0 Å². The van der Waals surface area contributed by atoms with Crippen molar-refractivity contribution in [3.8, 4) is 0 Å². The molecule has 1 unspecified atom stereocenters. The first kappa shape index (κ1) is 32.1. The molecule has 4 nitrogen and oxygen atoms in total. The van der Waals surface area contributed by atoms with Crippen molar-refractivity contribution in [2.45, 2.75) is 147 Å². The van der Waals surface area contributed by atoms with Crippen LogP contribution in [0.5, 0.6) is 0 Å². The van der Waals surface area contributed by atoms with Crippen molar-refractivity contribution in [2.24, 2.45) is 0 Å². The molecule has 0 aliphatic heterocycles. The molecule has 0 aliphatic rings. The first-order valence-corrected chi connectivity index (χ1v) is 13.5. The Morgan fingerprint density at radius 1 is 0.586 bits per heavy atom. The summed E-state index contributed by atoms with van der Waals surface area (Å²) in [6, 6.07) is 0. The van der Waals surface area contributed by atoms with E-state index in [2.05, 4.69) is 13.8 Å². The third kappa shape index (κ3) is 18.2. The third-order valence-electron chi connectivity index (χ3n) is 5.81. The molecule has 0 spiro atoms. The molecule has 0 aliphatic carbocycles. The van der Waals surface area contributed by atoms with Crippen LogP contribution in [0.4, 0.5) is 0 Å². The number of hydrogen-bond acceptors (Lipinski definition) is 4. The smallest absolute Gasteiger partial charge is 0.746 e. The Bertz CT molecular complexity index is 442. The van der Waals surface area contributed by atoms with Crippen LogP contribution in [-0.2, 0) is 10.1 Å². The molecule has 6 heteroatoms. The predicted octanol–water partition coefficient (Wildman–Crippen LogP) is 4.07. The minimum Gasteiger partial charge on any atom is -0.746 e. The summed E-state index contributed by atoms with van der Waals surface area (Å²) in [5, 5.41) is 10.4. The fourth-order valence-electron chi connectivity index (χ4n) is 3.80. The van der Waals surface area contributed by atoms with Gasteiger partial charge in [-0.15, -0.1) is 0 Å². The van der Waals surface area contributed by atoms with Crippen molar-refractivity contribution in [2.75, 3.05) is 0 Å². The van der Waals surface area contributed by atoms with Gasteiger partial charge in [0, 0.05) is 0 Å². The summed E-state index contributed by atoms with van der Waals surface area (Å²) in [6.45, 7) is 4.36. The van der Waals surface area contributed by atoms with Crippen molar-refractivity contribution >= 4 is 10.1 Å². The van der Waals surface area contributed by atoms with Crippen LogP contribution in [0.1, 0.15) is 142 Å². The average molecular weight is 443 g/mol. The fraction of sp³-hybridized carbons (Fsp3) is 1.00. The van der Waals surface area contributed by atoms with Gasteiger partial charge in [-0.2, -0.15) is 0 Å². The van der Waals surface area contributed by atoms with Crippen molar-refractivity contribution < 1.29 is 47.6 Å². The van der Waals surface area contributed by atoms with Crippen molar-refractivity contribution in [3.63, 3.8) is 0 Å². The average Bonchev–Trinajstić information content (AvgIpc) is 2.64. The molecule has 0 saturated heterocycles. The summed E-state index contributed by atoms with van der Waals surface area (Å²) in [7, 11) is -4.67. The van der Waals surface area contributed by atoms with Gasteiger partial charge in [0.2, 0.25) is 0 Å². The monoisotopic (exact) mass is 442 g/mol. The van der Waals surface area contributed by atoms with Gasteiger partial charge in [0.15, 0.2) is 4.93 Å². The molecule has 0 aromatic heterocycles. The van der Waals surface area contributed by atoms with E-state index in [4.69, 9.17) is 0 Å². The Morgan fingerprint density at radius 2 is 0.828 bits per heavy atom. The molecule has 170 valence electrons. The van der Waals surface area contributed by atoms with E-state index in [0.717, 1.165) is 44.9 Å². The maximum Gasteiger partial charge on any atom is 1.00 e. The largest absolute Gasteiger partial charge is 1.00 e. The normalized spacial score (nSPS) is 13.8. The maximum absolute atomic E-state index is 11.5. The van der Waals surface area contributed by atoms with E-state index < -0.39 is 15.1 Å².